The third kappa shape index (κ3) is 1.57. The van der Waals surface area contributed by atoms with Crippen LogP contribution in [0.3, 0.4) is 0 Å². The molecule has 0 unspecified atom stereocenters. The van der Waals surface area contributed by atoms with Crippen molar-refractivity contribution in [2.24, 2.45) is 0 Å². The average molecular weight is 251 g/mol. The van der Waals surface area contributed by atoms with Gasteiger partial charge in [-0.15, -0.1) is 0 Å². The van der Waals surface area contributed by atoms with Gasteiger partial charge in [0.2, 0.25) is 0 Å². The topological polar surface area (TPSA) is 53.4 Å². The molecule has 0 saturated carbocycles. The molecule has 0 aliphatic carbocycles. The maximum atomic E-state index is 9.01. The SMILES string of the molecule is OCc1nc(I)ccc1O. The minimum absolute atomic E-state index is 0.0444. The maximum absolute atomic E-state index is 9.01. The zero-order valence-corrected chi connectivity index (χ0v) is 7.24. The van der Waals surface area contributed by atoms with E-state index in [9.17, 15) is 0 Å². The van der Waals surface area contributed by atoms with Crippen molar-refractivity contribution in [2.75, 3.05) is 0 Å². The summed E-state index contributed by atoms with van der Waals surface area (Å²) in [7, 11) is 0. The summed E-state index contributed by atoms with van der Waals surface area (Å²) >= 11 is 2.01. The highest BCUT2D eigenvalue weighted by molar-refractivity contribution is 14.1. The van der Waals surface area contributed by atoms with Gasteiger partial charge >= 0.3 is 0 Å². The number of aromatic hydroxyl groups is 1. The second kappa shape index (κ2) is 3.16. The Morgan fingerprint density at radius 3 is 2.70 bits per heavy atom. The van der Waals surface area contributed by atoms with Crippen LogP contribution in [-0.2, 0) is 6.61 Å². The average Bonchev–Trinajstić information content (AvgIpc) is 1.94. The smallest absolute Gasteiger partial charge is 0.139 e. The Morgan fingerprint density at radius 1 is 1.50 bits per heavy atom. The Morgan fingerprint density at radius 2 is 2.20 bits per heavy atom. The molecule has 0 aliphatic rings. The van der Waals surface area contributed by atoms with Crippen LogP contribution in [0.1, 0.15) is 5.69 Å². The molecule has 0 fully saturated rings. The first-order chi connectivity index (χ1) is 4.74. The Balaban J connectivity index is 3.09. The number of aliphatic hydroxyl groups excluding tert-OH is 1. The summed E-state index contributed by atoms with van der Waals surface area (Å²) in [6.07, 6.45) is 0. The summed E-state index contributed by atoms with van der Waals surface area (Å²) in [4.78, 5) is 3.88. The van der Waals surface area contributed by atoms with Crippen LogP contribution >= 0.6 is 22.6 Å². The lowest BCUT2D eigenvalue weighted by Crippen LogP contribution is -1.91. The van der Waals surface area contributed by atoms with Gasteiger partial charge in [-0.05, 0) is 34.7 Å². The van der Waals surface area contributed by atoms with Gasteiger partial charge in [-0.3, -0.25) is 0 Å². The van der Waals surface area contributed by atoms with E-state index in [1.54, 1.807) is 6.07 Å². The number of rotatable bonds is 1. The van der Waals surface area contributed by atoms with Crippen molar-refractivity contribution in [3.8, 4) is 5.75 Å². The molecule has 0 amide bonds. The molecular formula is C6H6INO2. The molecule has 1 aromatic heterocycles. The minimum atomic E-state index is -0.220. The molecule has 0 spiro atoms. The highest BCUT2D eigenvalue weighted by Crippen LogP contribution is 2.15. The summed E-state index contributed by atoms with van der Waals surface area (Å²) in [6, 6.07) is 3.19. The number of hydrogen-bond acceptors (Lipinski definition) is 3. The van der Waals surface area contributed by atoms with Crippen LogP contribution in [0.25, 0.3) is 0 Å². The van der Waals surface area contributed by atoms with Gasteiger partial charge in [-0.1, -0.05) is 0 Å². The third-order valence-corrected chi connectivity index (χ3v) is 1.67. The van der Waals surface area contributed by atoms with Crippen molar-refractivity contribution in [2.45, 2.75) is 6.61 Å². The second-order valence-corrected chi connectivity index (χ2v) is 2.86. The number of pyridine rings is 1. The van der Waals surface area contributed by atoms with E-state index in [1.807, 2.05) is 22.6 Å². The zero-order valence-electron chi connectivity index (χ0n) is 5.08. The lowest BCUT2D eigenvalue weighted by molar-refractivity contribution is 0.269. The van der Waals surface area contributed by atoms with E-state index in [-0.39, 0.29) is 12.4 Å². The summed E-state index contributed by atoms with van der Waals surface area (Å²) < 4.78 is 0.763. The fourth-order valence-corrected chi connectivity index (χ4v) is 1.05. The van der Waals surface area contributed by atoms with Crippen molar-refractivity contribution in [3.05, 3.63) is 21.5 Å². The van der Waals surface area contributed by atoms with Crippen molar-refractivity contribution in [1.29, 1.82) is 0 Å². The molecule has 4 heteroatoms. The molecule has 0 aromatic carbocycles. The Labute approximate surface area is 71.9 Å². The van der Waals surface area contributed by atoms with E-state index in [0.717, 1.165) is 3.70 Å². The molecule has 0 aliphatic heterocycles. The minimum Gasteiger partial charge on any atom is -0.506 e. The van der Waals surface area contributed by atoms with E-state index in [0.29, 0.717) is 5.69 Å². The Bertz CT molecular complexity index is 239. The van der Waals surface area contributed by atoms with Crippen molar-refractivity contribution >= 4 is 22.6 Å². The van der Waals surface area contributed by atoms with Gasteiger partial charge in [-0.2, -0.15) is 0 Å². The van der Waals surface area contributed by atoms with Gasteiger partial charge in [0, 0.05) is 0 Å². The van der Waals surface area contributed by atoms with Crippen molar-refractivity contribution in [3.63, 3.8) is 0 Å². The third-order valence-electron chi connectivity index (χ3n) is 1.07. The van der Waals surface area contributed by atoms with Crippen LogP contribution in [0.4, 0.5) is 0 Å². The predicted molar refractivity (Wildman–Crippen MR) is 44.5 cm³/mol. The summed E-state index contributed by atoms with van der Waals surface area (Å²) in [6.45, 7) is -0.220. The zero-order chi connectivity index (χ0) is 7.56. The largest absolute Gasteiger partial charge is 0.506 e. The molecular weight excluding hydrogens is 245 g/mol. The standard InChI is InChI=1S/C6H6INO2/c7-6-2-1-5(10)4(3-9)8-6/h1-2,9-10H,3H2. The first-order valence-electron chi connectivity index (χ1n) is 2.69. The molecule has 0 bridgehead atoms. The molecule has 2 N–H and O–H groups in total. The molecule has 10 heavy (non-hydrogen) atoms. The maximum Gasteiger partial charge on any atom is 0.139 e. The second-order valence-electron chi connectivity index (χ2n) is 1.76. The predicted octanol–water partition coefficient (Wildman–Crippen LogP) is 0.884. The van der Waals surface area contributed by atoms with Crippen LogP contribution in [0, 0.1) is 3.70 Å². The molecule has 3 nitrogen and oxygen atoms in total. The molecule has 1 heterocycles. The Kier molecular flexibility index (Phi) is 2.44. The van der Waals surface area contributed by atoms with Crippen LogP contribution in [-0.4, -0.2) is 15.2 Å². The molecule has 0 radical (unpaired) electrons. The normalized spacial score (nSPS) is 9.80. The van der Waals surface area contributed by atoms with Gasteiger partial charge in [0.15, 0.2) is 0 Å². The summed E-state index contributed by atoms with van der Waals surface area (Å²) in [5.74, 6) is 0.0444. The number of halogens is 1. The molecule has 54 valence electrons. The van der Waals surface area contributed by atoms with Gasteiger partial charge < -0.3 is 10.2 Å². The van der Waals surface area contributed by atoms with E-state index >= 15 is 0 Å². The quantitative estimate of drug-likeness (QED) is 0.575. The van der Waals surface area contributed by atoms with E-state index < -0.39 is 0 Å². The lowest BCUT2D eigenvalue weighted by Gasteiger charge is -1.98. The molecule has 1 aromatic rings. The highest BCUT2D eigenvalue weighted by Gasteiger charge is 1.99. The van der Waals surface area contributed by atoms with Crippen LogP contribution in [0.2, 0.25) is 0 Å². The van der Waals surface area contributed by atoms with Crippen LogP contribution < -0.4 is 0 Å². The van der Waals surface area contributed by atoms with Crippen molar-refractivity contribution in [1.82, 2.24) is 4.98 Å². The van der Waals surface area contributed by atoms with Gasteiger partial charge in [0.1, 0.15) is 15.1 Å². The Hall–Kier alpha value is -0.360. The highest BCUT2D eigenvalue weighted by atomic mass is 127. The molecule has 0 saturated heterocycles. The van der Waals surface area contributed by atoms with Crippen LogP contribution in [0.5, 0.6) is 5.75 Å². The van der Waals surface area contributed by atoms with E-state index in [2.05, 4.69) is 4.98 Å². The lowest BCUT2D eigenvalue weighted by atomic mass is 10.3. The number of aliphatic hydroxyl groups is 1. The first kappa shape index (κ1) is 7.74. The fraction of sp³-hybridized carbons (Fsp3) is 0.167. The van der Waals surface area contributed by atoms with Gasteiger partial charge in [0.25, 0.3) is 0 Å². The van der Waals surface area contributed by atoms with Crippen LogP contribution in [0.15, 0.2) is 12.1 Å². The fourth-order valence-electron chi connectivity index (χ4n) is 0.584. The number of aromatic nitrogens is 1. The summed E-state index contributed by atoms with van der Waals surface area (Å²) in [5.41, 5.74) is 0.326. The number of nitrogens with zero attached hydrogens (tertiary/aromatic N) is 1. The van der Waals surface area contributed by atoms with Crippen molar-refractivity contribution < 1.29 is 10.2 Å². The molecule has 0 atom stereocenters. The first-order valence-corrected chi connectivity index (χ1v) is 3.77. The molecule has 1 rings (SSSR count). The van der Waals surface area contributed by atoms with Gasteiger partial charge in [0.05, 0.1) is 6.61 Å². The number of hydrogen-bond donors (Lipinski definition) is 2. The van der Waals surface area contributed by atoms with Gasteiger partial charge in [-0.25, -0.2) is 4.98 Å². The van der Waals surface area contributed by atoms with E-state index in [4.69, 9.17) is 10.2 Å². The monoisotopic (exact) mass is 251 g/mol. The summed E-state index contributed by atoms with van der Waals surface area (Å²) in [5, 5.41) is 17.6. The van der Waals surface area contributed by atoms with E-state index in [1.165, 1.54) is 6.07 Å².